The first-order chi connectivity index (χ1) is 10.6. The largest absolute Gasteiger partial charge is 0.324 e. The molecule has 1 heterocycles. The Balaban J connectivity index is 0.00000264. The zero-order valence-corrected chi connectivity index (χ0v) is 15.3. The number of halogens is 1. The zero-order valence-electron chi connectivity index (χ0n) is 14.5. The van der Waals surface area contributed by atoms with Gasteiger partial charge in [0.15, 0.2) is 0 Å². The minimum Gasteiger partial charge on any atom is -0.324 e. The predicted octanol–water partition coefficient (Wildman–Crippen LogP) is 2.99. The van der Waals surface area contributed by atoms with Crippen molar-refractivity contribution in [3.63, 3.8) is 0 Å². The summed E-state index contributed by atoms with van der Waals surface area (Å²) in [6, 6.07) is 6.10. The molecule has 5 heteroatoms. The Hall–Kier alpha value is -1.10. The highest BCUT2D eigenvalue weighted by molar-refractivity contribution is 5.93. The summed E-state index contributed by atoms with van der Waals surface area (Å²) in [5, 5.41) is 6.48. The molecule has 0 saturated carbocycles. The van der Waals surface area contributed by atoms with Crippen molar-refractivity contribution in [3.8, 4) is 0 Å². The summed E-state index contributed by atoms with van der Waals surface area (Å²) in [6.45, 7) is 10.8. The molecule has 1 aromatic rings. The number of amides is 1. The third-order valence-electron chi connectivity index (χ3n) is 4.54. The van der Waals surface area contributed by atoms with Crippen molar-refractivity contribution in [1.29, 1.82) is 0 Å². The number of carbonyl (C=O) groups is 1. The highest BCUT2D eigenvalue weighted by atomic mass is 35.5. The van der Waals surface area contributed by atoms with Gasteiger partial charge in [0.25, 0.3) is 0 Å². The Morgan fingerprint density at radius 1 is 1.26 bits per heavy atom. The molecule has 1 aliphatic rings. The number of anilines is 1. The van der Waals surface area contributed by atoms with Gasteiger partial charge in [-0.15, -0.1) is 12.4 Å². The molecule has 1 aliphatic heterocycles. The quantitative estimate of drug-likeness (QED) is 0.837. The van der Waals surface area contributed by atoms with E-state index >= 15 is 0 Å². The second-order valence-corrected chi connectivity index (χ2v) is 6.34. The highest BCUT2D eigenvalue weighted by Crippen LogP contribution is 2.19. The van der Waals surface area contributed by atoms with E-state index in [1.807, 2.05) is 32.0 Å². The van der Waals surface area contributed by atoms with E-state index in [2.05, 4.69) is 22.5 Å². The van der Waals surface area contributed by atoms with Gasteiger partial charge in [-0.25, -0.2) is 0 Å². The fourth-order valence-corrected chi connectivity index (χ4v) is 3.13. The monoisotopic (exact) mass is 339 g/mol. The zero-order chi connectivity index (χ0) is 15.9. The van der Waals surface area contributed by atoms with Gasteiger partial charge in [-0.1, -0.05) is 25.1 Å². The Morgan fingerprint density at radius 2 is 1.87 bits per heavy atom. The summed E-state index contributed by atoms with van der Waals surface area (Å²) in [7, 11) is 0. The number of nitrogens with one attached hydrogen (secondary N) is 2. The molecule has 2 rings (SSSR count). The molecule has 23 heavy (non-hydrogen) atoms. The van der Waals surface area contributed by atoms with Crippen LogP contribution in [0.3, 0.4) is 0 Å². The number of piperidine rings is 1. The van der Waals surface area contributed by atoms with Crippen LogP contribution in [0.4, 0.5) is 5.69 Å². The SMILES string of the molecule is CCN(CC(=O)Nc1c(C)cccc1C)CC1CCNCC1.Cl. The van der Waals surface area contributed by atoms with Crippen LogP contribution >= 0.6 is 12.4 Å². The molecule has 0 unspecified atom stereocenters. The predicted molar refractivity (Wildman–Crippen MR) is 99.5 cm³/mol. The van der Waals surface area contributed by atoms with Crippen molar-refractivity contribution in [3.05, 3.63) is 29.3 Å². The van der Waals surface area contributed by atoms with E-state index in [1.54, 1.807) is 0 Å². The smallest absolute Gasteiger partial charge is 0.238 e. The van der Waals surface area contributed by atoms with Crippen LogP contribution in [-0.2, 0) is 4.79 Å². The maximum Gasteiger partial charge on any atom is 0.238 e. The van der Waals surface area contributed by atoms with Gasteiger partial charge in [0.05, 0.1) is 6.54 Å². The number of para-hydroxylation sites is 1. The Morgan fingerprint density at radius 3 is 2.43 bits per heavy atom. The molecule has 2 N–H and O–H groups in total. The van der Waals surface area contributed by atoms with Crippen LogP contribution in [0.25, 0.3) is 0 Å². The summed E-state index contributed by atoms with van der Waals surface area (Å²) in [4.78, 5) is 14.6. The van der Waals surface area contributed by atoms with Gasteiger partial charge in [-0.05, 0) is 63.4 Å². The summed E-state index contributed by atoms with van der Waals surface area (Å²) in [5.74, 6) is 0.808. The topological polar surface area (TPSA) is 44.4 Å². The Kier molecular flexibility index (Phi) is 8.59. The van der Waals surface area contributed by atoms with E-state index in [0.717, 1.165) is 43.0 Å². The van der Waals surface area contributed by atoms with E-state index in [9.17, 15) is 4.79 Å². The molecule has 0 radical (unpaired) electrons. The maximum absolute atomic E-state index is 12.4. The van der Waals surface area contributed by atoms with Crippen molar-refractivity contribution in [2.45, 2.75) is 33.6 Å². The fraction of sp³-hybridized carbons (Fsp3) is 0.611. The lowest BCUT2D eigenvalue weighted by Crippen LogP contribution is -2.39. The number of hydrogen-bond acceptors (Lipinski definition) is 3. The summed E-state index contributed by atoms with van der Waals surface area (Å²) < 4.78 is 0. The van der Waals surface area contributed by atoms with E-state index < -0.39 is 0 Å². The summed E-state index contributed by atoms with van der Waals surface area (Å²) in [5.41, 5.74) is 3.20. The third kappa shape index (κ3) is 6.13. The average molecular weight is 340 g/mol. The second-order valence-electron chi connectivity index (χ2n) is 6.34. The third-order valence-corrected chi connectivity index (χ3v) is 4.54. The second kappa shape index (κ2) is 9.91. The minimum absolute atomic E-state index is 0. The molecule has 1 saturated heterocycles. The maximum atomic E-state index is 12.4. The number of likely N-dealkylation sites (N-methyl/N-ethyl adjacent to an activating group) is 1. The van der Waals surface area contributed by atoms with E-state index in [1.165, 1.54) is 12.8 Å². The van der Waals surface area contributed by atoms with Gasteiger partial charge >= 0.3 is 0 Å². The molecule has 0 aromatic heterocycles. The number of carbonyl (C=O) groups excluding carboxylic acids is 1. The summed E-state index contributed by atoms with van der Waals surface area (Å²) >= 11 is 0. The van der Waals surface area contributed by atoms with Gasteiger partial charge in [0.2, 0.25) is 5.91 Å². The van der Waals surface area contributed by atoms with E-state index in [4.69, 9.17) is 0 Å². The average Bonchev–Trinajstić information content (AvgIpc) is 2.51. The van der Waals surface area contributed by atoms with E-state index in [0.29, 0.717) is 12.5 Å². The molecular weight excluding hydrogens is 310 g/mol. The van der Waals surface area contributed by atoms with Crippen LogP contribution in [0.1, 0.15) is 30.9 Å². The molecule has 130 valence electrons. The van der Waals surface area contributed by atoms with Crippen LogP contribution in [0.2, 0.25) is 0 Å². The number of rotatable bonds is 6. The first-order valence-corrected chi connectivity index (χ1v) is 8.39. The van der Waals surface area contributed by atoms with Crippen molar-refractivity contribution >= 4 is 24.0 Å². The number of nitrogens with zero attached hydrogens (tertiary/aromatic N) is 1. The lowest BCUT2D eigenvalue weighted by Gasteiger charge is -2.29. The van der Waals surface area contributed by atoms with Crippen LogP contribution in [0, 0.1) is 19.8 Å². The van der Waals surface area contributed by atoms with Gasteiger partial charge in [0.1, 0.15) is 0 Å². The van der Waals surface area contributed by atoms with Crippen molar-refractivity contribution in [1.82, 2.24) is 10.2 Å². The number of hydrogen-bond donors (Lipinski definition) is 2. The molecule has 0 atom stereocenters. The lowest BCUT2D eigenvalue weighted by molar-refractivity contribution is -0.117. The molecule has 4 nitrogen and oxygen atoms in total. The fourth-order valence-electron chi connectivity index (χ4n) is 3.13. The van der Waals surface area contributed by atoms with Gasteiger partial charge < -0.3 is 10.6 Å². The molecule has 0 bridgehead atoms. The van der Waals surface area contributed by atoms with Gasteiger partial charge in [-0.3, -0.25) is 9.69 Å². The van der Waals surface area contributed by atoms with Gasteiger partial charge in [0, 0.05) is 12.2 Å². The molecule has 0 spiro atoms. The van der Waals surface area contributed by atoms with E-state index in [-0.39, 0.29) is 18.3 Å². The minimum atomic E-state index is 0. The van der Waals surface area contributed by atoms with Crippen LogP contribution in [0.15, 0.2) is 18.2 Å². The number of aryl methyl sites for hydroxylation is 2. The standard InChI is InChI=1S/C18H29N3O.ClH/c1-4-21(12-16-8-10-19-11-9-16)13-17(22)20-18-14(2)6-5-7-15(18)3;/h5-7,16,19H,4,8-13H2,1-3H3,(H,20,22);1H. The highest BCUT2D eigenvalue weighted by Gasteiger charge is 2.18. The molecule has 1 amide bonds. The van der Waals surface area contributed by atoms with Crippen LogP contribution in [-0.4, -0.2) is 43.5 Å². The van der Waals surface area contributed by atoms with Crippen LogP contribution < -0.4 is 10.6 Å². The molecular formula is C18H30ClN3O. The first-order valence-electron chi connectivity index (χ1n) is 8.39. The number of benzene rings is 1. The summed E-state index contributed by atoms with van der Waals surface area (Å²) in [6.07, 6.45) is 2.43. The van der Waals surface area contributed by atoms with Crippen LogP contribution in [0.5, 0.6) is 0 Å². The molecule has 0 aliphatic carbocycles. The van der Waals surface area contributed by atoms with Crippen molar-refractivity contribution in [2.75, 3.05) is 38.0 Å². The first kappa shape index (κ1) is 19.9. The van der Waals surface area contributed by atoms with Crippen molar-refractivity contribution < 1.29 is 4.79 Å². The Labute approximate surface area is 146 Å². The van der Waals surface area contributed by atoms with Crippen molar-refractivity contribution in [2.24, 2.45) is 5.92 Å². The molecule has 1 fully saturated rings. The lowest BCUT2D eigenvalue weighted by atomic mass is 9.97. The molecule has 1 aromatic carbocycles. The Bertz CT molecular complexity index is 481. The van der Waals surface area contributed by atoms with Gasteiger partial charge in [-0.2, -0.15) is 0 Å². The normalized spacial score (nSPS) is 15.3.